The van der Waals surface area contributed by atoms with Crippen LogP contribution in [-0.2, 0) is 0 Å². The maximum atomic E-state index is 5.17. The van der Waals surface area contributed by atoms with Gasteiger partial charge in [0.25, 0.3) is 0 Å². The van der Waals surface area contributed by atoms with Crippen molar-refractivity contribution in [2.24, 2.45) is 0 Å². The molecule has 2 aliphatic rings. The Morgan fingerprint density at radius 2 is 1.08 bits per heavy atom. The van der Waals surface area contributed by atoms with Gasteiger partial charge in [-0.25, -0.2) is 19.9 Å². The molecule has 0 N–H and O–H groups in total. The number of hydrogen-bond acceptors (Lipinski definition) is 5. The summed E-state index contributed by atoms with van der Waals surface area (Å²) in [6.07, 6.45) is 6.97. The molecule has 280 valence electrons. The van der Waals surface area contributed by atoms with Crippen LogP contribution < -0.4 is 0 Å². The standard InChI is InChI=1S/C53H32N6S/c1-4-13-32(14-5-1)50-55-51(33-15-6-2-7-16-33)57-52(56-50)35-23-25-43-48(29-35)60-53(54-43)36-17-12-20-38(27-36)59-44-22-11-10-21-39(44)41-30-42-47(31-46(41)59)58(37-18-8-3-9-19-37)45-26-24-34-28-40(34)49(42)45/h1-31,40H/t40-/m1/s1. The fourth-order valence-corrected chi connectivity index (χ4v) is 10.1. The van der Waals surface area contributed by atoms with Crippen molar-refractivity contribution in [1.82, 2.24) is 29.1 Å². The molecule has 0 fully saturated rings. The Bertz CT molecular complexity index is 3540. The van der Waals surface area contributed by atoms with Crippen molar-refractivity contribution in [3.05, 3.63) is 199 Å². The average Bonchev–Trinajstić information content (AvgIpc) is 3.71. The quantitative estimate of drug-likeness (QED) is 0.168. The molecule has 4 heterocycles. The van der Waals surface area contributed by atoms with E-state index in [-0.39, 0.29) is 0 Å². The van der Waals surface area contributed by atoms with Gasteiger partial charge in [-0.15, -0.1) is 11.3 Å². The van der Waals surface area contributed by atoms with E-state index in [4.69, 9.17) is 19.9 Å². The zero-order valence-corrected chi connectivity index (χ0v) is 32.9. The Morgan fingerprint density at radius 1 is 0.433 bits per heavy atom. The largest absolute Gasteiger partial charge is 0.309 e. The number of nitrogens with zero attached hydrogens (tertiary/aromatic N) is 6. The summed E-state index contributed by atoms with van der Waals surface area (Å²) in [5.41, 5.74) is 14.8. The molecule has 1 atom stereocenters. The fraction of sp³-hybridized carbons (Fsp3) is 0.0189. The van der Waals surface area contributed by atoms with Crippen LogP contribution in [0.1, 0.15) is 17.2 Å². The Balaban J connectivity index is 0.940. The second-order valence-corrected chi connectivity index (χ2v) is 16.5. The molecule has 0 aliphatic heterocycles. The highest BCUT2D eigenvalue weighted by atomic mass is 32.1. The summed E-state index contributed by atoms with van der Waals surface area (Å²) >= 11 is 1.69. The second-order valence-electron chi connectivity index (χ2n) is 15.5. The number of para-hydroxylation sites is 2. The number of thiazole rings is 1. The van der Waals surface area contributed by atoms with Crippen LogP contribution in [-0.4, -0.2) is 29.1 Å². The van der Waals surface area contributed by atoms with Crippen molar-refractivity contribution in [3.8, 4) is 56.1 Å². The van der Waals surface area contributed by atoms with Gasteiger partial charge in [-0.2, -0.15) is 0 Å². The number of fused-ring (bicyclic) bond motifs is 9. The monoisotopic (exact) mass is 784 g/mol. The summed E-state index contributed by atoms with van der Waals surface area (Å²) in [5, 5.41) is 4.78. The second kappa shape index (κ2) is 12.9. The van der Waals surface area contributed by atoms with Crippen LogP contribution in [0.3, 0.4) is 0 Å². The van der Waals surface area contributed by atoms with Gasteiger partial charge in [-0.05, 0) is 77.9 Å². The Kier molecular flexibility index (Phi) is 7.14. The summed E-state index contributed by atoms with van der Waals surface area (Å²) in [6.45, 7) is 0. The van der Waals surface area contributed by atoms with Crippen molar-refractivity contribution in [2.75, 3.05) is 0 Å². The van der Waals surface area contributed by atoms with E-state index in [1.807, 2.05) is 60.7 Å². The van der Waals surface area contributed by atoms with Gasteiger partial charge in [-0.1, -0.05) is 121 Å². The lowest BCUT2D eigenvalue weighted by atomic mass is 9.98. The van der Waals surface area contributed by atoms with Gasteiger partial charge in [0.2, 0.25) is 0 Å². The van der Waals surface area contributed by atoms with Gasteiger partial charge in [0, 0.05) is 55.7 Å². The maximum absolute atomic E-state index is 5.17. The molecule has 0 radical (unpaired) electrons. The molecular weight excluding hydrogens is 753 g/mol. The first-order valence-electron chi connectivity index (χ1n) is 20.2. The van der Waals surface area contributed by atoms with E-state index in [0.717, 1.165) is 43.2 Å². The zero-order valence-electron chi connectivity index (χ0n) is 32.1. The first-order chi connectivity index (χ1) is 29.7. The van der Waals surface area contributed by atoms with Crippen LogP contribution in [0.2, 0.25) is 0 Å². The van der Waals surface area contributed by atoms with Crippen LogP contribution in [0.25, 0.3) is 105 Å². The van der Waals surface area contributed by atoms with Crippen LogP contribution in [0, 0.1) is 0 Å². The van der Waals surface area contributed by atoms with E-state index in [1.165, 1.54) is 55.2 Å². The molecule has 4 aromatic heterocycles. The van der Waals surface area contributed by atoms with Gasteiger partial charge in [0.15, 0.2) is 17.5 Å². The smallest absolute Gasteiger partial charge is 0.164 e. The van der Waals surface area contributed by atoms with Gasteiger partial charge >= 0.3 is 0 Å². The summed E-state index contributed by atoms with van der Waals surface area (Å²) < 4.78 is 5.94. The summed E-state index contributed by atoms with van der Waals surface area (Å²) in [7, 11) is 0. The third-order valence-electron chi connectivity index (χ3n) is 11.9. The molecular formula is C53H32N6S. The highest BCUT2D eigenvalue weighted by Gasteiger charge is 2.34. The van der Waals surface area contributed by atoms with Crippen LogP contribution in [0.4, 0.5) is 0 Å². The van der Waals surface area contributed by atoms with E-state index in [2.05, 4.69) is 137 Å². The van der Waals surface area contributed by atoms with Gasteiger partial charge in [0.1, 0.15) is 5.01 Å². The lowest BCUT2D eigenvalue weighted by Gasteiger charge is -2.12. The lowest BCUT2D eigenvalue weighted by molar-refractivity contribution is 1.06. The van der Waals surface area contributed by atoms with Crippen molar-refractivity contribution >= 4 is 60.3 Å². The maximum Gasteiger partial charge on any atom is 0.164 e. The van der Waals surface area contributed by atoms with E-state index >= 15 is 0 Å². The number of hydrogen-bond donors (Lipinski definition) is 0. The van der Waals surface area contributed by atoms with E-state index in [1.54, 1.807) is 11.3 Å². The predicted molar refractivity (Wildman–Crippen MR) is 246 cm³/mol. The van der Waals surface area contributed by atoms with E-state index in [0.29, 0.717) is 23.4 Å². The van der Waals surface area contributed by atoms with Gasteiger partial charge in [-0.3, -0.25) is 0 Å². The van der Waals surface area contributed by atoms with Crippen molar-refractivity contribution in [2.45, 2.75) is 5.92 Å². The van der Waals surface area contributed by atoms with Crippen molar-refractivity contribution < 1.29 is 0 Å². The molecule has 0 saturated carbocycles. The van der Waals surface area contributed by atoms with Crippen molar-refractivity contribution in [1.29, 1.82) is 0 Å². The molecule has 7 aromatic carbocycles. The number of benzene rings is 7. The number of rotatable bonds is 6. The molecule has 0 saturated heterocycles. The fourth-order valence-electron chi connectivity index (χ4n) is 9.05. The minimum Gasteiger partial charge on any atom is -0.309 e. The minimum atomic E-state index is 0.389. The van der Waals surface area contributed by atoms with E-state index in [9.17, 15) is 0 Å². The average molecular weight is 785 g/mol. The zero-order chi connectivity index (χ0) is 39.3. The third kappa shape index (κ3) is 5.19. The Morgan fingerprint density at radius 3 is 1.85 bits per heavy atom. The summed E-state index contributed by atoms with van der Waals surface area (Å²) in [4.78, 5) is 20.0. The molecule has 11 aromatic rings. The molecule has 7 heteroatoms. The van der Waals surface area contributed by atoms with Crippen LogP contribution in [0.5, 0.6) is 0 Å². The van der Waals surface area contributed by atoms with Gasteiger partial charge < -0.3 is 9.13 Å². The van der Waals surface area contributed by atoms with Crippen LogP contribution >= 0.6 is 11.3 Å². The van der Waals surface area contributed by atoms with E-state index < -0.39 is 0 Å². The molecule has 0 amide bonds. The normalized spacial score (nSPS) is 14.2. The first kappa shape index (κ1) is 33.3. The van der Waals surface area contributed by atoms with Crippen LogP contribution in [0.15, 0.2) is 188 Å². The summed E-state index contributed by atoms with van der Waals surface area (Å²) in [6, 6.07) is 59.7. The topological polar surface area (TPSA) is 61.4 Å². The number of aromatic nitrogens is 6. The molecule has 13 rings (SSSR count). The molecule has 6 nitrogen and oxygen atoms in total. The highest BCUT2D eigenvalue weighted by Crippen LogP contribution is 2.51. The molecule has 0 unspecified atom stereocenters. The molecule has 0 spiro atoms. The third-order valence-corrected chi connectivity index (χ3v) is 13.0. The minimum absolute atomic E-state index is 0.389. The SMILES string of the molecule is C1=Cc2c(c3cc4c5ccccc5n(-c5cccc(-c6nc7ccc(-c8nc(-c9ccccc9)nc(-c9ccccc9)n8)cc7s6)c5)c4cc3n2-c2ccccc2)[C@@H]2C=C12. The Hall–Kier alpha value is -7.74. The van der Waals surface area contributed by atoms with Gasteiger partial charge in [0.05, 0.1) is 32.5 Å². The summed E-state index contributed by atoms with van der Waals surface area (Å²) in [5.74, 6) is 2.31. The van der Waals surface area contributed by atoms with Crippen molar-refractivity contribution in [3.63, 3.8) is 0 Å². The molecule has 0 bridgehead atoms. The lowest BCUT2D eigenvalue weighted by Crippen LogP contribution is -1.99. The molecule has 2 aliphatic carbocycles. The highest BCUT2D eigenvalue weighted by molar-refractivity contribution is 7.21. The first-order valence-corrected chi connectivity index (χ1v) is 21.0. The molecule has 60 heavy (non-hydrogen) atoms. The number of allylic oxidation sites excluding steroid dienone is 3. The Labute approximate surface area is 348 Å². The predicted octanol–water partition coefficient (Wildman–Crippen LogP) is 13.2.